The van der Waals surface area contributed by atoms with Crippen molar-refractivity contribution in [3.8, 4) is 0 Å². The van der Waals surface area contributed by atoms with Crippen LogP contribution in [0.5, 0.6) is 0 Å². The number of carbonyl (C=O) groups is 2. The van der Waals surface area contributed by atoms with E-state index < -0.39 is 5.97 Å². The maximum Gasteiger partial charge on any atom is 0.306 e. The Bertz CT molecular complexity index is 830. The topological polar surface area (TPSA) is 63.6 Å². The van der Waals surface area contributed by atoms with Crippen LogP contribution < -0.4 is 0 Å². The number of unbranched alkanes of at least 4 members (excludes halogenated alkanes) is 10. The highest BCUT2D eigenvalue weighted by Gasteiger charge is 2.14. The van der Waals surface area contributed by atoms with Gasteiger partial charge in [-0.15, -0.1) is 0 Å². The number of aliphatic carboxylic acids is 1. The van der Waals surface area contributed by atoms with Gasteiger partial charge in [-0.25, -0.2) is 0 Å². The molecule has 250 valence electrons. The third-order valence-corrected chi connectivity index (χ3v) is 7.46. The van der Waals surface area contributed by atoms with Gasteiger partial charge in [0.15, 0.2) is 0 Å². The molecule has 0 saturated carbocycles. The number of hydrogen-bond acceptors (Lipinski definition) is 3. The predicted molar refractivity (Wildman–Crippen MR) is 190 cm³/mol. The Labute approximate surface area is 271 Å². The van der Waals surface area contributed by atoms with Crippen LogP contribution in [0.25, 0.3) is 0 Å². The lowest BCUT2D eigenvalue weighted by Gasteiger charge is -2.18. The summed E-state index contributed by atoms with van der Waals surface area (Å²) in [5.41, 5.74) is 0. The molecule has 0 aliphatic heterocycles. The van der Waals surface area contributed by atoms with E-state index in [4.69, 9.17) is 9.84 Å². The van der Waals surface area contributed by atoms with E-state index in [1.54, 1.807) is 0 Å². The zero-order chi connectivity index (χ0) is 32.2. The highest BCUT2D eigenvalue weighted by molar-refractivity contribution is 5.69. The van der Waals surface area contributed by atoms with Crippen LogP contribution >= 0.6 is 0 Å². The van der Waals surface area contributed by atoms with E-state index in [1.807, 2.05) is 0 Å². The first-order valence-electron chi connectivity index (χ1n) is 17.9. The van der Waals surface area contributed by atoms with Gasteiger partial charge in [0.1, 0.15) is 6.10 Å². The van der Waals surface area contributed by atoms with Gasteiger partial charge in [-0.1, -0.05) is 145 Å². The molecule has 0 bridgehead atoms. The minimum Gasteiger partial charge on any atom is -0.481 e. The molecule has 4 nitrogen and oxygen atoms in total. The number of hydrogen-bond donors (Lipinski definition) is 1. The fourth-order valence-corrected chi connectivity index (χ4v) is 4.86. The van der Waals surface area contributed by atoms with Gasteiger partial charge in [-0.05, 0) is 77.0 Å². The Morgan fingerprint density at radius 2 is 0.932 bits per heavy atom. The molecule has 0 amide bonds. The average Bonchev–Trinajstić information content (AvgIpc) is 3.01. The zero-order valence-corrected chi connectivity index (χ0v) is 28.4. The summed E-state index contributed by atoms with van der Waals surface area (Å²) < 4.78 is 5.82. The lowest BCUT2D eigenvalue weighted by molar-refractivity contribution is -0.150. The van der Waals surface area contributed by atoms with E-state index in [0.29, 0.717) is 19.3 Å². The maximum atomic E-state index is 12.5. The van der Waals surface area contributed by atoms with Crippen molar-refractivity contribution in [2.24, 2.45) is 0 Å². The van der Waals surface area contributed by atoms with Crippen LogP contribution in [-0.4, -0.2) is 23.1 Å². The van der Waals surface area contributed by atoms with Gasteiger partial charge in [0.25, 0.3) is 0 Å². The Morgan fingerprint density at radius 3 is 1.39 bits per heavy atom. The molecule has 0 aliphatic carbocycles. The lowest BCUT2D eigenvalue weighted by atomic mass is 10.0. The van der Waals surface area contributed by atoms with E-state index >= 15 is 0 Å². The minimum absolute atomic E-state index is 0.0874. The third kappa shape index (κ3) is 33.9. The van der Waals surface area contributed by atoms with Crippen LogP contribution in [0, 0.1) is 0 Å². The predicted octanol–water partition coefficient (Wildman–Crippen LogP) is 12.3. The van der Waals surface area contributed by atoms with Crippen molar-refractivity contribution < 1.29 is 19.4 Å². The fraction of sp³-hybridized carbons (Fsp3) is 0.650. The van der Waals surface area contributed by atoms with Crippen molar-refractivity contribution in [3.63, 3.8) is 0 Å². The largest absolute Gasteiger partial charge is 0.481 e. The van der Waals surface area contributed by atoms with Gasteiger partial charge >= 0.3 is 11.9 Å². The second-order valence-corrected chi connectivity index (χ2v) is 11.7. The van der Waals surface area contributed by atoms with Gasteiger partial charge in [0.05, 0.1) is 0 Å². The first kappa shape index (κ1) is 41.4. The third-order valence-electron chi connectivity index (χ3n) is 7.46. The number of carboxylic acid groups (broad SMARTS) is 1. The molecule has 0 aliphatic rings. The van der Waals surface area contributed by atoms with Gasteiger partial charge in [0.2, 0.25) is 0 Å². The standard InChI is InChI=1S/C40H66O4/c1-3-5-7-9-11-13-15-16-17-18-19-20-21-22-23-25-27-29-31-37-40(43)44-38(35-32-33-36-39(41)42)34-30-28-26-24-14-12-10-8-6-4-2/h5,7,11,13,16-17,19-20,22-23,27,29,38H,3-4,6,8-10,12,14-15,18,21,24-26,28,30-37H2,1-2H3,(H,41,42)/b7-5-,13-11-,17-16-,20-19-,23-22-,29-27-. The van der Waals surface area contributed by atoms with Crippen molar-refractivity contribution in [2.45, 2.75) is 168 Å². The summed E-state index contributed by atoms with van der Waals surface area (Å²) in [4.78, 5) is 23.3. The van der Waals surface area contributed by atoms with E-state index in [2.05, 4.69) is 86.8 Å². The van der Waals surface area contributed by atoms with E-state index in [9.17, 15) is 9.59 Å². The molecular weight excluding hydrogens is 544 g/mol. The highest BCUT2D eigenvalue weighted by Crippen LogP contribution is 2.17. The molecule has 1 N–H and O–H groups in total. The molecule has 0 saturated heterocycles. The molecule has 0 spiro atoms. The van der Waals surface area contributed by atoms with Crippen LogP contribution in [0.4, 0.5) is 0 Å². The van der Waals surface area contributed by atoms with Crippen LogP contribution in [0.1, 0.15) is 162 Å². The lowest BCUT2D eigenvalue weighted by Crippen LogP contribution is -2.18. The summed E-state index contributed by atoms with van der Waals surface area (Å²) in [5.74, 6) is -0.899. The maximum absolute atomic E-state index is 12.5. The fourth-order valence-electron chi connectivity index (χ4n) is 4.86. The Kier molecular flexibility index (Phi) is 32.8. The summed E-state index contributed by atoms with van der Waals surface area (Å²) in [7, 11) is 0. The van der Waals surface area contributed by atoms with Gasteiger partial charge < -0.3 is 9.84 Å². The summed E-state index contributed by atoms with van der Waals surface area (Å²) >= 11 is 0. The number of carboxylic acids is 1. The number of carbonyl (C=O) groups excluding carboxylic acids is 1. The van der Waals surface area contributed by atoms with Crippen LogP contribution in [0.2, 0.25) is 0 Å². The smallest absolute Gasteiger partial charge is 0.306 e. The number of ether oxygens (including phenoxy) is 1. The molecule has 44 heavy (non-hydrogen) atoms. The highest BCUT2D eigenvalue weighted by atomic mass is 16.5. The molecule has 0 radical (unpaired) electrons. The van der Waals surface area contributed by atoms with Crippen molar-refractivity contribution in [1.82, 2.24) is 0 Å². The van der Waals surface area contributed by atoms with E-state index in [1.165, 1.54) is 57.8 Å². The summed E-state index contributed by atoms with van der Waals surface area (Å²) in [5, 5.41) is 8.91. The van der Waals surface area contributed by atoms with E-state index in [-0.39, 0.29) is 18.5 Å². The second kappa shape index (κ2) is 34.9. The molecule has 0 rings (SSSR count). The minimum atomic E-state index is -0.760. The van der Waals surface area contributed by atoms with Crippen molar-refractivity contribution in [2.75, 3.05) is 0 Å². The Balaban J connectivity index is 4.08. The zero-order valence-electron chi connectivity index (χ0n) is 28.4. The average molecular weight is 611 g/mol. The Morgan fingerprint density at radius 1 is 0.523 bits per heavy atom. The monoisotopic (exact) mass is 610 g/mol. The normalized spacial score (nSPS) is 13.1. The summed E-state index contributed by atoms with van der Waals surface area (Å²) in [6.45, 7) is 4.41. The first-order chi connectivity index (χ1) is 21.6. The quantitative estimate of drug-likeness (QED) is 0.0482. The first-order valence-corrected chi connectivity index (χ1v) is 17.9. The number of allylic oxidation sites excluding steroid dienone is 12. The molecule has 0 aromatic carbocycles. The summed E-state index contributed by atoms with van der Waals surface area (Å²) in [6, 6.07) is 0. The van der Waals surface area contributed by atoms with E-state index in [0.717, 1.165) is 64.2 Å². The number of rotatable bonds is 31. The Hall–Kier alpha value is -2.62. The van der Waals surface area contributed by atoms with Crippen molar-refractivity contribution in [3.05, 3.63) is 72.9 Å². The molecule has 0 aromatic heterocycles. The van der Waals surface area contributed by atoms with Gasteiger partial charge in [0, 0.05) is 12.8 Å². The van der Waals surface area contributed by atoms with Gasteiger partial charge in [-0.2, -0.15) is 0 Å². The van der Waals surface area contributed by atoms with Crippen LogP contribution in [0.15, 0.2) is 72.9 Å². The number of esters is 1. The van der Waals surface area contributed by atoms with Crippen molar-refractivity contribution >= 4 is 11.9 Å². The molecule has 4 heteroatoms. The van der Waals surface area contributed by atoms with Gasteiger partial charge in [-0.3, -0.25) is 9.59 Å². The van der Waals surface area contributed by atoms with Crippen LogP contribution in [-0.2, 0) is 14.3 Å². The molecule has 0 heterocycles. The molecular formula is C40H66O4. The van der Waals surface area contributed by atoms with Crippen molar-refractivity contribution in [1.29, 1.82) is 0 Å². The molecule has 0 aromatic rings. The second-order valence-electron chi connectivity index (χ2n) is 11.7. The molecule has 1 atom stereocenters. The molecule has 0 fully saturated rings. The summed E-state index contributed by atoms with van der Waals surface area (Å²) in [6.07, 6.45) is 49.1. The van der Waals surface area contributed by atoms with Crippen LogP contribution in [0.3, 0.4) is 0 Å². The molecule has 1 unspecified atom stereocenters. The SMILES string of the molecule is CC/C=C\C/C=C\C/C=C\C/C=C\C/C=C\C/C=C\CCC(=O)OC(CCCCCCCCCCCC)CCCCC(=O)O.